The Bertz CT molecular complexity index is 176. The van der Waals surface area contributed by atoms with E-state index in [0.717, 1.165) is 25.7 Å². The fourth-order valence-corrected chi connectivity index (χ4v) is 1.70. The fourth-order valence-electron chi connectivity index (χ4n) is 1.70. The van der Waals surface area contributed by atoms with Gasteiger partial charge in [0, 0.05) is 6.54 Å². The van der Waals surface area contributed by atoms with Crippen LogP contribution < -0.4 is 5.73 Å². The van der Waals surface area contributed by atoms with Crippen molar-refractivity contribution < 1.29 is 14.6 Å². The van der Waals surface area contributed by atoms with Gasteiger partial charge in [-0.05, 0) is 25.7 Å². The van der Waals surface area contributed by atoms with E-state index in [0.29, 0.717) is 0 Å². The lowest BCUT2D eigenvalue weighted by Crippen LogP contribution is -2.33. The lowest BCUT2D eigenvalue weighted by atomic mass is 10.1. The van der Waals surface area contributed by atoms with Gasteiger partial charge in [0.1, 0.15) is 6.10 Å². The van der Waals surface area contributed by atoms with Gasteiger partial charge in [0.05, 0.1) is 0 Å². The number of nitrogens with two attached hydrogens (primary N) is 1. The molecule has 4 nitrogen and oxygen atoms in total. The van der Waals surface area contributed by atoms with E-state index in [4.69, 9.17) is 15.6 Å². The lowest BCUT2D eigenvalue weighted by molar-refractivity contribution is -0.159. The van der Waals surface area contributed by atoms with Crippen LogP contribution in [0.15, 0.2) is 0 Å². The van der Waals surface area contributed by atoms with Crippen molar-refractivity contribution in [2.45, 2.75) is 50.7 Å². The zero-order valence-corrected chi connectivity index (χ0v) is 8.45. The molecule has 0 aromatic rings. The Kier molecular flexibility index (Phi) is 4.90. The average molecular weight is 201 g/mol. The molecule has 4 heteroatoms. The largest absolute Gasteiger partial charge is 0.460 e. The van der Waals surface area contributed by atoms with Crippen molar-refractivity contribution >= 4 is 5.97 Å². The molecule has 0 saturated heterocycles. The first-order valence-corrected chi connectivity index (χ1v) is 5.32. The van der Waals surface area contributed by atoms with Crippen molar-refractivity contribution in [3.63, 3.8) is 0 Å². The molecule has 0 aromatic heterocycles. The van der Waals surface area contributed by atoms with E-state index in [1.165, 1.54) is 12.8 Å². The Hall–Kier alpha value is -0.610. The number of carbonyl (C=O) groups is 1. The van der Waals surface area contributed by atoms with E-state index in [-0.39, 0.29) is 12.6 Å². The molecule has 0 radical (unpaired) electrons. The second-order valence-corrected chi connectivity index (χ2v) is 3.80. The summed E-state index contributed by atoms with van der Waals surface area (Å²) in [5.74, 6) is -0.570. The smallest absolute Gasteiger partial charge is 0.336 e. The van der Waals surface area contributed by atoms with Gasteiger partial charge in [-0.3, -0.25) is 0 Å². The van der Waals surface area contributed by atoms with Crippen molar-refractivity contribution in [1.82, 2.24) is 0 Å². The standard InChI is InChI=1S/C10H19NO3/c11-7-9(12)10(13)14-8-5-3-1-2-4-6-8/h8-9,12H,1-7,11H2. The van der Waals surface area contributed by atoms with E-state index in [9.17, 15) is 4.79 Å². The molecule has 0 heterocycles. The minimum Gasteiger partial charge on any atom is -0.460 e. The lowest BCUT2D eigenvalue weighted by Gasteiger charge is -2.17. The van der Waals surface area contributed by atoms with Gasteiger partial charge in [-0.15, -0.1) is 0 Å². The minimum absolute atomic E-state index is 0.00815. The summed E-state index contributed by atoms with van der Waals surface area (Å²) in [5, 5.41) is 9.13. The summed E-state index contributed by atoms with van der Waals surface area (Å²) in [6, 6.07) is 0. The molecule has 0 aromatic carbocycles. The average Bonchev–Trinajstić information content (AvgIpc) is 2.45. The fraction of sp³-hybridized carbons (Fsp3) is 0.900. The molecular weight excluding hydrogens is 182 g/mol. The van der Waals surface area contributed by atoms with Crippen LogP contribution in [0.2, 0.25) is 0 Å². The summed E-state index contributed by atoms with van der Waals surface area (Å²) < 4.78 is 5.16. The Morgan fingerprint density at radius 2 is 1.93 bits per heavy atom. The normalized spacial score (nSPS) is 21.3. The highest BCUT2D eigenvalue weighted by molar-refractivity contribution is 5.74. The molecule has 0 amide bonds. The number of rotatable bonds is 3. The predicted molar refractivity (Wildman–Crippen MR) is 52.6 cm³/mol. The highest BCUT2D eigenvalue weighted by Crippen LogP contribution is 2.20. The number of carbonyl (C=O) groups excluding carboxylic acids is 1. The van der Waals surface area contributed by atoms with Crippen LogP contribution in [0.4, 0.5) is 0 Å². The first-order chi connectivity index (χ1) is 6.74. The van der Waals surface area contributed by atoms with Crippen molar-refractivity contribution in [1.29, 1.82) is 0 Å². The van der Waals surface area contributed by atoms with Gasteiger partial charge in [-0.25, -0.2) is 4.79 Å². The molecule has 1 atom stereocenters. The monoisotopic (exact) mass is 201 g/mol. The summed E-state index contributed by atoms with van der Waals surface area (Å²) in [6.45, 7) is -0.0639. The molecule has 0 aliphatic heterocycles. The summed E-state index contributed by atoms with van der Waals surface area (Å²) in [5.41, 5.74) is 5.16. The van der Waals surface area contributed by atoms with Crippen molar-refractivity contribution in [3.05, 3.63) is 0 Å². The zero-order valence-electron chi connectivity index (χ0n) is 8.45. The van der Waals surface area contributed by atoms with Gasteiger partial charge in [-0.1, -0.05) is 12.8 Å². The molecule has 1 unspecified atom stereocenters. The van der Waals surface area contributed by atoms with Crippen LogP contribution in [0, 0.1) is 0 Å². The quantitative estimate of drug-likeness (QED) is 0.517. The zero-order chi connectivity index (χ0) is 10.4. The number of hydrogen-bond acceptors (Lipinski definition) is 4. The Morgan fingerprint density at radius 3 is 2.43 bits per heavy atom. The predicted octanol–water partition coefficient (Wildman–Crippen LogP) is 0.572. The van der Waals surface area contributed by atoms with Gasteiger partial charge in [0.2, 0.25) is 0 Å². The topological polar surface area (TPSA) is 72.5 Å². The third-order valence-corrected chi connectivity index (χ3v) is 2.58. The summed E-state index contributed by atoms with van der Waals surface area (Å²) in [4.78, 5) is 11.2. The van der Waals surface area contributed by atoms with E-state index < -0.39 is 12.1 Å². The van der Waals surface area contributed by atoms with Crippen LogP contribution in [0.1, 0.15) is 38.5 Å². The molecule has 1 rings (SSSR count). The molecule has 0 bridgehead atoms. The first-order valence-electron chi connectivity index (χ1n) is 5.32. The first kappa shape index (κ1) is 11.5. The van der Waals surface area contributed by atoms with Crippen LogP contribution in [0.3, 0.4) is 0 Å². The number of aliphatic hydroxyl groups excluding tert-OH is 1. The van der Waals surface area contributed by atoms with Gasteiger partial charge < -0.3 is 15.6 Å². The molecule has 0 spiro atoms. The minimum atomic E-state index is -1.15. The maximum absolute atomic E-state index is 11.2. The molecular formula is C10H19NO3. The summed E-state index contributed by atoms with van der Waals surface area (Å²) in [7, 11) is 0. The highest BCUT2D eigenvalue weighted by Gasteiger charge is 2.20. The third kappa shape index (κ3) is 3.64. The van der Waals surface area contributed by atoms with Crippen LogP contribution in [0.25, 0.3) is 0 Å². The molecule has 1 aliphatic rings. The van der Waals surface area contributed by atoms with Gasteiger partial charge in [0.15, 0.2) is 6.10 Å². The van der Waals surface area contributed by atoms with E-state index in [2.05, 4.69) is 0 Å². The maximum atomic E-state index is 11.2. The molecule has 14 heavy (non-hydrogen) atoms. The van der Waals surface area contributed by atoms with Crippen LogP contribution in [-0.4, -0.2) is 29.8 Å². The van der Waals surface area contributed by atoms with E-state index >= 15 is 0 Å². The Labute approximate surface area is 84.4 Å². The number of esters is 1. The molecule has 1 saturated carbocycles. The SMILES string of the molecule is NCC(O)C(=O)OC1CCCCCC1. The number of aliphatic hydroxyl groups is 1. The van der Waals surface area contributed by atoms with Crippen LogP contribution in [0.5, 0.6) is 0 Å². The molecule has 82 valence electrons. The van der Waals surface area contributed by atoms with E-state index in [1.807, 2.05) is 0 Å². The second-order valence-electron chi connectivity index (χ2n) is 3.80. The molecule has 3 N–H and O–H groups in total. The van der Waals surface area contributed by atoms with Crippen LogP contribution >= 0.6 is 0 Å². The van der Waals surface area contributed by atoms with Crippen molar-refractivity contribution in [2.75, 3.05) is 6.54 Å². The van der Waals surface area contributed by atoms with Gasteiger partial charge in [0.25, 0.3) is 0 Å². The summed E-state index contributed by atoms with van der Waals surface area (Å²) in [6.07, 6.45) is 5.32. The van der Waals surface area contributed by atoms with Crippen molar-refractivity contribution in [2.24, 2.45) is 5.73 Å². The number of ether oxygens (including phenoxy) is 1. The molecule has 1 fully saturated rings. The maximum Gasteiger partial charge on any atom is 0.336 e. The number of hydrogen-bond donors (Lipinski definition) is 2. The highest BCUT2D eigenvalue weighted by atomic mass is 16.6. The van der Waals surface area contributed by atoms with Gasteiger partial charge >= 0.3 is 5.97 Å². The van der Waals surface area contributed by atoms with Crippen LogP contribution in [-0.2, 0) is 9.53 Å². The second kappa shape index (κ2) is 5.98. The Morgan fingerprint density at radius 1 is 1.36 bits per heavy atom. The van der Waals surface area contributed by atoms with Crippen molar-refractivity contribution in [3.8, 4) is 0 Å². The van der Waals surface area contributed by atoms with E-state index in [1.54, 1.807) is 0 Å². The molecule has 1 aliphatic carbocycles. The van der Waals surface area contributed by atoms with Gasteiger partial charge in [-0.2, -0.15) is 0 Å². The summed E-state index contributed by atoms with van der Waals surface area (Å²) >= 11 is 0. The third-order valence-electron chi connectivity index (χ3n) is 2.58. The Balaban J connectivity index is 2.30.